The van der Waals surface area contributed by atoms with Crippen LogP contribution in [0.3, 0.4) is 0 Å². The number of rotatable bonds is 5. The molecular formula is C16H23N3OS. The summed E-state index contributed by atoms with van der Waals surface area (Å²) in [7, 11) is 0. The van der Waals surface area contributed by atoms with Crippen molar-refractivity contribution in [1.82, 2.24) is 10.7 Å². The molecule has 1 aromatic carbocycles. The number of nitrogens with zero attached hydrogens (tertiary/aromatic N) is 1. The Hall–Kier alpha value is -1.46. The van der Waals surface area contributed by atoms with Gasteiger partial charge in [-0.15, -0.1) is 0 Å². The Morgan fingerprint density at radius 1 is 1.38 bits per heavy atom. The molecule has 0 aromatic heterocycles. The van der Waals surface area contributed by atoms with E-state index in [1.807, 2.05) is 0 Å². The summed E-state index contributed by atoms with van der Waals surface area (Å²) in [6.45, 7) is 5.77. The van der Waals surface area contributed by atoms with Crippen molar-refractivity contribution < 1.29 is 4.74 Å². The molecule has 2 N–H and O–H groups in total. The van der Waals surface area contributed by atoms with Gasteiger partial charge < -0.3 is 10.1 Å². The van der Waals surface area contributed by atoms with Crippen molar-refractivity contribution in [2.24, 2.45) is 5.10 Å². The number of thiocarbonyl (C=S) groups is 1. The van der Waals surface area contributed by atoms with E-state index in [-0.39, 0.29) is 6.10 Å². The zero-order valence-electron chi connectivity index (χ0n) is 12.7. The van der Waals surface area contributed by atoms with E-state index in [0.29, 0.717) is 5.11 Å². The van der Waals surface area contributed by atoms with Crippen LogP contribution >= 0.6 is 12.2 Å². The Labute approximate surface area is 132 Å². The van der Waals surface area contributed by atoms with Crippen LogP contribution in [0.5, 0.6) is 0 Å². The van der Waals surface area contributed by atoms with Gasteiger partial charge >= 0.3 is 0 Å². The predicted molar refractivity (Wildman–Crippen MR) is 90.7 cm³/mol. The number of hydrogen-bond acceptors (Lipinski definition) is 3. The fourth-order valence-electron chi connectivity index (χ4n) is 2.26. The fourth-order valence-corrected chi connectivity index (χ4v) is 2.39. The zero-order chi connectivity index (χ0) is 15.1. The van der Waals surface area contributed by atoms with Crippen LogP contribution in [0.2, 0.25) is 0 Å². The largest absolute Gasteiger partial charge is 0.376 e. The molecule has 1 heterocycles. The van der Waals surface area contributed by atoms with Crippen molar-refractivity contribution in [3.8, 4) is 0 Å². The van der Waals surface area contributed by atoms with Gasteiger partial charge in [0.15, 0.2) is 5.11 Å². The molecule has 0 bridgehead atoms. The van der Waals surface area contributed by atoms with Gasteiger partial charge in [0.25, 0.3) is 0 Å². The first-order valence-electron chi connectivity index (χ1n) is 7.48. The molecule has 21 heavy (non-hydrogen) atoms. The minimum Gasteiger partial charge on any atom is -0.376 e. The van der Waals surface area contributed by atoms with Crippen LogP contribution in [0.4, 0.5) is 0 Å². The summed E-state index contributed by atoms with van der Waals surface area (Å²) in [6.07, 6.45) is 3.36. The first kappa shape index (κ1) is 15.9. The minimum atomic E-state index is 0.275. The smallest absolute Gasteiger partial charge is 0.187 e. The topological polar surface area (TPSA) is 45.7 Å². The number of ether oxygens (including phenoxy) is 1. The van der Waals surface area contributed by atoms with E-state index >= 15 is 0 Å². The van der Waals surface area contributed by atoms with Gasteiger partial charge in [0.1, 0.15) is 0 Å². The lowest BCUT2D eigenvalue weighted by molar-refractivity contribution is 0.114. The molecule has 4 nitrogen and oxygen atoms in total. The molecule has 0 spiro atoms. The molecule has 1 saturated heterocycles. The van der Waals surface area contributed by atoms with E-state index in [2.05, 4.69) is 54.0 Å². The molecule has 0 aliphatic carbocycles. The van der Waals surface area contributed by atoms with Crippen molar-refractivity contribution in [3.05, 3.63) is 35.4 Å². The summed E-state index contributed by atoms with van der Waals surface area (Å²) in [6, 6.07) is 8.35. The first-order valence-corrected chi connectivity index (χ1v) is 7.89. The molecule has 114 valence electrons. The average Bonchev–Trinajstić information content (AvgIpc) is 3.01. The second-order valence-electron chi connectivity index (χ2n) is 5.23. The Morgan fingerprint density at radius 3 is 2.76 bits per heavy atom. The normalized spacial score (nSPS) is 18.6. The molecule has 1 aromatic rings. The van der Waals surface area contributed by atoms with Gasteiger partial charge in [-0.1, -0.05) is 36.8 Å². The van der Waals surface area contributed by atoms with E-state index in [9.17, 15) is 0 Å². The highest BCUT2D eigenvalue weighted by Gasteiger charge is 2.15. The van der Waals surface area contributed by atoms with Gasteiger partial charge in [0, 0.05) is 13.2 Å². The third-order valence-electron chi connectivity index (χ3n) is 3.53. The zero-order valence-corrected chi connectivity index (χ0v) is 13.5. The van der Waals surface area contributed by atoms with Crippen LogP contribution in [0, 0.1) is 6.92 Å². The lowest BCUT2D eigenvalue weighted by Crippen LogP contribution is -2.37. The van der Waals surface area contributed by atoms with E-state index in [1.54, 1.807) is 0 Å². The molecule has 1 fully saturated rings. The van der Waals surface area contributed by atoms with Crippen LogP contribution in [0.15, 0.2) is 29.4 Å². The van der Waals surface area contributed by atoms with Crippen molar-refractivity contribution in [1.29, 1.82) is 0 Å². The maximum Gasteiger partial charge on any atom is 0.187 e. The molecule has 0 unspecified atom stereocenters. The highest BCUT2D eigenvalue weighted by molar-refractivity contribution is 7.80. The lowest BCUT2D eigenvalue weighted by atomic mass is 10.1. The van der Waals surface area contributed by atoms with E-state index in [0.717, 1.165) is 43.7 Å². The number of hydrogen-bond donors (Lipinski definition) is 2. The van der Waals surface area contributed by atoms with Gasteiger partial charge in [-0.3, -0.25) is 5.43 Å². The van der Waals surface area contributed by atoms with Gasteiger partial charge in [0.2, 0.25) is 0 Å². The number of aryl methyl sites for hydroxylation is 1. The second kappa shape index (κ2) is 8.10. The van der Waals surface area contributed by atoms with Gasteiger partial charge in [-0.05, 0) is 44.0 Å². The summed E-state index contributed by atoms with van der Waals surface area (Å²) >= 11 is 5.24. The second-order valence-corrected chi connectivity index (χ2v) is 5.64. The molecule has 0 amide bonds. The number of hydrazone groups is 1. The fraction of sp³-hybridized carbons (Fsp3) is 0.500. The average molecular weight is 305 g/mol. The maximum atomic E-state index is 5.54. The molecule has 1 aliphatic rings. The van der Waals surface area contributed by atoms with E-state index in [4.69, 9.17) is 17.0 Å². The minimum absolute atomic E-state index is 0.275. The standard InChI is InChI=1S/C16H23N3OS/c1-3-15(13-8-6-12(2)7-9-13)18-19-16(21)17-11-14-5-4-10-20-14/h6-9,14H,3-5,10-11H2,1-2H3,(H2,17,19,21)/b18-15-/t14-/m0/s1. The van der Waals surface area contributed by atoms with Crippen molar-refractivity contribution >= 4 is 23.0 Å². The Morgan fingerprint density at radius 2 is 2.14 bits per heavy atom. The molecule has 2 rings (SSSR count). The van der Waals surface area contributed by atoms with Crippen LogP contribution in [-0.4, -0.2) is 30.1 Å². The first-order chi connectivity index (χ1) is 10.2. The third kappa shape index (κ3) is 5.10. The summed E-state index contributed by atoms with van der Waals surface area (Å²) < 4.78 is 5.54. The van der Waals surface area contributed by atoms with Crippen molar-refractivity contribution in [3.63, 3.8) is 0 Å². The van der Waals surface area contributed by atoms with Crippen LogP contribution in [-0.2, 0) is 4.74 Å². The van der Waals surface area contributed by atoms with Crippen molar-refractivity contribution in [2.75, 3.05) is 13.2 Å². The van der Waals surface area contributed by atoms with E-state index in [1.165, 1.54) is 5.56 Å². The molecular weight excluding hydrogens is 282 g/mol. The Balaban J connectivity index is 1.84. The predicted octanol–water partition coefficient (Wildman–Crippen LogP) is 2.75. The number of nitrogens with one attached hydrogen (secondary N) is 2. The van der Waals surface area contributed by atoms with Crippen LogP contribution in [0.1, 0.15) is 37.3 Å². The van der Waals surface area contributed by atoms with E-state index < -0.39 is 0 Å². The summed E-state index contributed by atoms with van der Waals surface area (Å²) in [4.78, 5) is 0. The third-order valence-corrected chi connectivity index (χ3v) is 3.76. The van der Waals surface area contributed by atoms with Crippen LogP contribution < -0.4 is 10.7 Å². The monoisotopic (exact) mass is 305 g/mol. The summed E-state index contributed by atoms with van der Waals surface area (Å²) in [5, 5.41) is 8.11. The molecule has 5 heteroatoms. The SMILES string of the molecule is CC/C(=N/NC(=S)NC[C@@H]1CCCO1)c1ccc(C)cc1. The lowest BCUT2D eigenvalue weighted by Gasteiger charge is -2.12. The Kier molecular flexibility index (Phi) is 6.14. The van der Waals surface area contributed by atoms with Crippen molar-refractivity contribution in [2.45, 2.75) is 39.2 Å². The molecule has 1 atom stereocenters. The summed E-state index contributed by atoms with van der Waals surface area (Å²) in [5.74, 6) is 0. The quantitative estimate of drug-likeness (QED) is 0.499. The summed E-state index contributed by atoms with van der Waals surface area (Å²) in [5.41, 5.74) is 6.29. The molecule has 1 aliphatic heterocycles. The Bertz CT molecular complexity index is 493. The highest BCUT2D eigenvalue weighted by Crippen LogP contribution is 2.10. The molecule has 0 radical (unpaired) electrons. The van der Waals surface area contributed by atoms with Gasteiger partial charge in [-0.2, -0.15) is 5.10 Å². The molecule has 0 saturated carbocycles. The maximum absolute atomic E-state index is 5.54. The number of benzene rings is 1. The highest BCUT2D eigenvalue weighted by atomic mass is 32.1. The van der Waals surface area contributed by atoms with Gasteiger partial charge in [-0.25, -0.2) is 0 Å². The van der Waals surface area contributed by atoms with Gasteiger partial charge in [0.05, 0.1) is 11.8 Å². The van der Waals surface area contributed by atoms with Crippen LogP contribution in [0.25, 0.3) is 0 Å².